The lowest BCUT2D eigenvalue weighted by Gasteiger charge is -2.28. The van der Waals surface area contributed by atoms with Gasteiger partial charge in [-0.05, 0) is 110 Å². The lowest BCUT2D eigenvalue weighted by molar-refractivity contribution is 0.670. The molecule has 0 N–H and O–H groups in total. The highest BCUT2D eigenvalue weighted by Crippen LogP contribution is 2.46. The third-order valence-corrected chi connectivity index (χ3v) is 11.4. The van der Waals surface area contributed by atoms with Crippen molar-refractivity contribution >= 4 is 60.5 Å². The minimum Gasteiger partial charge on any atom is -0.455 e. The van der Waals surface area contributed by atoms with Crippen molar-refractivity contribution < 1.29 is 4.42 Å². The average molecular weight is 690 g/mol. The number of hydrogen-bond acceptors (Lipinski definition) is 2. The number of aryl methyl sites for hydroxylation is 1. The van der Waals surface area contributed by atoms with Gasteiger partial charge in [-0.2, -0.15) is 0 Å². The molecule has 0 radical (unpaired) electrons. The van der Waals surface area contributed by atoms with Crippen molar-refractivity contribution in [3.8, 4) is 33.4 Å². The zero-order valence-electron chi connectivity index (χ0n) is 29.7. The molecule has 0 unspecified atom stereocenters. The van der Waals surface area contributed by atoms with Crippen LogP contribution in [0, 0.1) is 0 Å². The molecule has 0 aliphatic heterocycles. The lowest BCUT2D eigenvalue weighted by atomic mass is 9.82. The molecule has 1 aromatic heterocycles. The molecule has 1 heterocycles. The second-order valence-corrected chi connectivity index (χ2v) is 14.4. The van der Waals surface area contributed by atoms with Crippen molar-refractivity contribution in [2.24, 2.45) is 0 Å². The zero-order valence-corrected chi connectivity index (χ0v) is 29.7. The van der Waals surface area contributed by atoms with Crippen LogP contribution in [0.25, 0.3) is 76.9 Å². The second-order valence-electron chi connectivity index (χ2n) is 14.4. The minimum atomic E-state index is 0.902. The van der Waals surface area contributed by atoms with Crippen molar-refractivity contribution in [3.63, 3.8) is 0 Å². The fraction of sp³-hybridized carbons (Fsp3) is 0.0385. The van der Waals surface area contributed by atoms with E-state index in [9.17, 15) is 0 Å². The normalized spacial score (nSPS) is 12.3. The maximum Gasteiger partial charge on any atom is 0.143 e. The fourth-order valence-corrected chi connectivity index (χ4v) is 8.76. The maximum atomic E-state index is 6.76. The van der Waals surface area contributed by atoms with E-state index in [0.29, 0.717) is 0 Å². The van der Waals surface area contributed by atoms with E-state index >= 15 is 0 Å². The number of nitrogens with zero attached hydrogens (tertiary/aromatic N) is 1. The Morgan fingerprint density at radius 2 is 1.02 bits per heavy atom. The molecule has 0 spiro atoms. The van der Waals surface area contributed by atoms with Crippen molar-refractivity contribution in [1.29, 1.82) is 0 Å². The number of fused-ring (bicyclic) bond motifs is 8. The summed E-state index contributed by atoms with van der Waals surface area (Å²) < 4.78 is 6.76. The lowest BCUT2D eigenvalue weighted by Crippen LogP contribution is -2.11. The number of rotatable bonds is 5. The highest BCUT2D eigenvalue weighted by Gasteiger charge is 2.22. The first-order valence-electron chi connectivity index (χ1n) is 18.8. The summed E-state index contributed by atoms with van der Waals surface area (Å²) in [6.45, 7) is 0. The first-order chi connectivity index (χ1) is 26.8. The van der Waals surface area contributed by atoms with E-state index in [1.165, 1.54) is 54.9 Å². The largest absolute Gasteiger partial charge is 0.455 e. The molecule has 1 aliphatic rings. The number of hydrogen-bond donors (Lipinski definition) is 0. The van der Waals surface area contributed by atoms with Gasteiger partial charge in [0, 0.05) is 33.3 Å². The molecular weight excluding hydrogens is 655 g/mol. The Morgan fingerprint density at radius 1 is 0.389 bits per heavy atom. The van der Waals surface area contributed by atoms with Crippen LogP contribution in [-0.4, -0.2) is 0 Å². The number of para-hydroxylation sites is 2. The molecule has 0 atom stereocenters. The zero-order chi connectivity index (χ0) is 35.6. The molecule has 0 saturated heterocycles. The van der Waals surface area contributed by atoms with Gasteiger partial charge in [0.15, 0.2) is 0 Å². The van der Waals surface area contributed by atoms with Crippen LogP contribution in [0.2, 0.25) is 0 Å². The highest BCUT2D eigenvalue weighted by molar-refractivity contribution is 6.14. The molecule has 0 fully saturated rings. The molecule has 0 amide bonds. The molecule has 2 nitrogen and oxygen atoms in total. The third-order valence-electron chi connectivity index (χ3n) is 11.4. The van der Waals surface area contributed by atoms with Gasteiger partial charge >= 0.3 is 0 Å². The van der Waals surface area contributed by atoms with Crippen molar-refractivity contribution in [1.82, 2.24) is 0 Å². The van der Waals surface area contributed by atoms with Crippen LogP contribution in [-0.2, 0) is 12.8 Å². The third kappa shape index (κ3) is 4.95. The summed E-state index contributed by atoms with van der Waals surface area (Å²) in [5, 5.41) is 7.08. The molecule has 2 heteroatoms. The van der Waals surface area contributed by atoms with E-state index in [0.717, 1.165) is 63.0 Å². The van der Waals surface area contributed by atoms with Crippen LogP contribution in [0.1, 0.15) is 11.1 Å². The molecule has 254 valence electrons. The Balaban J connectivity index is 1.08. The first-order valence-corrected chi connectivity index (χ1v) is 18.8. The second kappa shape index (κ2) is 12.4. The molecule has 11 rings (SSSR count). The van der Waals surface area contributed by atoms with Gasteiger partial charge in [0.2, 0.25) is 0 Å². The standard InChI is InChI=1S/C52H35NO/c1-2-13-37-31-41(29-23-34(37)11-1)53(40-27-24-36(25-28-40)43-18-9-19-44-42-16-6-5-12-35(42)26-30-45(43)44)50-22-8-7-17-46(50)47-20-10-21-48-49-32-38-14-3-4-15-39(38)33-51(49)54-52(47)48/h1-25,27-29,31-33H,26,30H2. The Morgan fingerprint density at radius 3 is 1.87 bits per heavy atom. The SMILES string of the molecule is c1ccc2c(c1)CCc1c(-c3ccc(N(c4ccc5ccccc5c4)c4ccccc4-c4cccc5c4oc4cc6ccccc6cc45)cc3)cccc1-2. The summed E-state index contributed by atoms with van der Waals surface area (Å²) in [5.74, 6) is 0. The maximum absolute atomic E-state index is 6.76. The molecule has 54 heavy (non-hydrogen) atoms. The van der Waals surface area contributed by atoms with Gasteiger partial charge in [-0.3, -0.25) is 0 Å². The van der Waals surface area contributed by atoms with Gasteiger partial charge < -0.3 is 9.32 Å². The van der Waals surface area contributed by atoms with E-state index in [2.05, 4.69) is 193 Å². The number of benzene rings is 9. The predicted octanol–water partition coefficient (Wildman–Crippen LogP) is 14.5. The number of furan rings is 1. The van der Waals surface area contributed by atoms with Gasteiger partial charge in [-0.25, -0.2) is 0 Å². The Kier molecular flexibility index (Phi) is 7.03. The van der Waals surface area contributed by atoms with Crippen LogP contribution in [0.15, 0.2) is 192 Å². The van der Waals surface area contributed by atoms with E-state index in [1.807, 2.05) is 0 Å². The minimum absolute atomic E-state index is 0.902. The Bertz CT molecular complexity index is 3060. The van der Waals surface area contributed by atoms with Crippen molar-refractivity contribution in [2.75, 3.05) is 4.90 Å². The number of anilines is 3. The van der Waals surface area contributed by atoms with E-state index in [4.69, 9.17) is 4.42 Å². The molecule has 0 bridgehead atoms. The van der Waals surface area contributed by atoms with Gasteiger partial charge in [0.05, 0.1) is 5.69 Å². The van der Waals surface area contributed by atoms with Gasteiger partial charge in [-0.15, -0.1) is 0 Å². The van der Waals surface area contributed by atoms with Crippen molar-refractivity contribution in [2.45, 2.75) is 12.8 Å². The summed E-state index contributed by atoms with van der Waals surface area (Å²) in [4.78, 5) is 2.40. The van der Waals surface area contributed by atoms with Crippen LogP contribution >= 0.6 is 0 Å². The van der Waals surface area contributed by atoms with Gasteiger partial charge in [0.1, 0.15) is 11.2 Å². The van der Waals surface area contributed by atoms with Crippen LogP contribution in [0.4, 0.5) is 17.1 Å². The Hall–Kier alpha value is -6.90. The van der Waals surface area contributed by atoms with E-state index in [-0.39, 0.29) is 0 Å². The van der Waals surface area contributed by atoms with Crippen LogP contribution in [0.5, 0.6) is 0 Å². The van der Waals surface area contributed by atoms with Gasteiger partial charge in [-0.1, -0.05) is 146 Å². The monoisotopic (exact) mass is 689 g/mol. The summed E-state index contributed by atoms with van der Waals surface area (Å²) in [5.41, 5.74) is 15.4. The molecule has 1 aliphatic carbocycles. The smallest absolute Gasteiger partial charge is 0.143 e. The van der Waals surface area contributed by atoms with Crippen molar-refractivity contribution in [3.05, 3.63) is 199 Å². The van der Waals surface area contributed by atoms with Gasteiger partial charge in [0.25, 0.3) is 0 Å². The van der Waals surface area contributed by atoms with E-state index < -0.39 is 0 Å². The molecule has 9 aromatic carbocycles. The van der Waals surface area contributed by atoms with Crippen LogP contribution < -0.4 is 4.90 Å². The quantitative estimate of drug-likeness (QED) is 0.179. The highest BCUT2D eigenvalue weighted by atomic mass is 16.3. The topological polar surface area (TPSA) is 16.4 Å². The summed E-state index contributed by atoms with van der Waals surface area (Å²) in [6.07, 6.45) is 2.11. The summed E-state index contributed by atoms with van der Waals surface area (Å²) in [7, 11) is 0. The summed E-state index contributed by atoms with van der Waals surface area (Å²) in [6, 6.07) is 68.4. The molecule has 0 saturated carbocycles. The fourth-order valence-electron chi connectivity index (χ4n) is 8.76. The van der Waals surface area contributed by atoms with E-state index in [1.54, 1.807) is 0 Å². The molecule has 10 aromatic rings. The summed E-state index contributed by atoms with van der Waals surface area (Å²) >= 11 is 0. The first kappa shape index (κ1) is 30.7. The Labute approximate surface area is 314 Å². The average Bonchev–Trinajstić information content (AvgIpc) is 3.60. The van der Waals surface area contributed by atoms with Crippen LogP contribution in [0.3, 0.4) is 0 Å². The predicted molar refractivity (Wildman–Crippen MR) is 227 cm³/mol. The molecular formula is C52H35NO.